The Morgan fingerprint density at radius 2 is 1.73 bits per heavy atom. The van der Waals surface area contributed by atoms with Crippen LogP contribution in [0.4, 0.5) is 0 Å². The van der Waals surface area contributed by atoms with Crippen LogP contribution in [-0.4, -0.2) is 27.9 Å². The number of aryl methyl sites for hydroxylation is 1. The van der Waals surface area contributed by atoms with Gasteiger partial charge in [0, 0.05) is 0 Å². The number of rotatable bonds is 8. The summed E-state index contributed by atoms with van der Waals surface area (Å²) >= 11 is 0. The maximum Gasteiger partial charge on any atom is 0.203 e. The number of benzene rings is 1. The van der Waals surface area contributed by atoms with Crippen LogP contribution in [0.1, 0.15) is 17.1 Å². The van der Waals surface area contributed by atoms with E-state index in [-0.39, 0.29) is 0 Å². The SMILES string of the molecule is COc1ccc(CCNCc2ccc(C)o2)c(OC)c1OC. The number of ether oxygens (including phenoxy) is 3. The molecular formula is C17H23NO4. The lowest BCUT2D eigenvalue weighted by atomic mass is 10.1. The lowest BCUT2D eigenvalue weighted by Gasteiger charge is -2.15. The summed E-state index contributed by atoms with van der Waals surface area (Å²) in [5, 5.41) is 3.36. The van der Waals surface area contributed by atoms with Crippen molar-refractivity contribution in [1.82, 2.24) is 5.32 Å². The summed E-state index contributed by atoms with van der Waals surface area (Å²) in [6.07, 6.45) is 0.823. The maximum atomic E-state index is 5.52. The van der Waals surface area contributed by atoms with Crippen LogP contribution in [0.3, 0.4) is 0 Å². The molecule has 5 nitrogen and oxygen atoms in total. The lowest BCUT2D eigenvalue weighted by molar-refractivity contribution is 0.322. The molecule has 0 bridgehead atoms. The van der Waals surface area contributed by atoms with E-state index in [1.165, 1.54) is 0 Å². The van der Waals surface area contributed by atoms with Gasteiger partial charge in [-0.3, -0.25) is 0 Å². The Morgan fingerprint density at radius 1 is 0.955 bits per heavy atom. The summed E-state index contributed by atoms with van der Waals surface area (Å²) in [7, 11) is 4.87. The van der Waals surface area contributed by atoms with Crippen LogP contribution in [0.25, 0.3) is 0 Å². The fourth-order valence-electron chi connectivity index (χ4n) is 2.37. The molecule has 0 saturated heterocycles. The van der Waals surface area contributed by atoms with Crippen LogP contribution in [-0.2, 0) is 13.0 Å². The van der Waals surface area contributed by atoms with Gasteiger partial charge in [-0.2, -0.15) is 0 Å². The summed E-state index contributed by atoms with van der Waals surface area (Å²) in [6, 6.07) is 7.85. The van der Waals surface area contributed by atoms with Crippen LogP contribution >= 0.6 is 0 Å². The van der Waals surface area contributed by atoms with Crippen molar-refractivity contribution in [3.8, 4) is 17.2 Å². The molecule has 0 unspecified atom stereocenters. The second-order valence-electron chi connectivity index (χ2n) is 4.93. The molecule has 1 heterocycles. The third kappa shape index (κ3) is 3.74. The largest absolute Gasteiger partial charge is 0.493 e. The Bertz CT molecular complexity index is 607. The van der Waals surface area contributed by atoms with Crippen molar-refractivity contribution in [3.05, 3.63) is 41.3 Å². The number of furan rings is 1. The van der Waals surface area contributed by atoms with Gasteiger partial charge < -0.3 is 23.9 Å². The quantitative estimate of drug-likeness (QED) is 0.760. The molecule has 0 radical (unpaired) electrons. The van der Waals surface area contributed by atoms with E-state index in [4.69, 9.17) is 18.6 Å². The predicted octanol–water partition coefficient (Wildman–Crippen LogP) is 2.95. The smallest absolute Gasteiger partial charge is 0.203 e. The highest BCUT2D eigenvalue weighted by atomic mass is 16.5. The molecular weight excluding hydrogens is 282 g/mol. The number of hydrogen-bond donors (Lipinski definition) is 1. The first-order valence-electron chi connectivity index (χ1n) is 7.23. The molecule has 22 heavy (non-hydrogen) atoms. The molecule has 120 valence electrons. The van der Waals surface area contributed by atoms with Crippen molar-refractivity contribution in [2.45, 2.75) is 19.9 Å². The molecule has 1 aromatic heterocycles. The van der Waals surface area contributed by atoms with Crippen molar-refractivity contribution >= 4 is 0 Å². The summed E-state index contributed by atoms with van der Waals surface area (Å²) < 4.78 is 21.7. The minimum Gasteiger partial charge on any atom is -0.493 e. The van der Waals surface area contributed by atoms with Gasteiger partial charge in [0.05, 0.1) is 27.9 Å². The van der Waals surface area contributed by atoms with Gasteiger partial charge in [-0.05, 0) is 43.7 Å². The van der Waals surface area contributed by atoms with Crippen LogP contribution in [0.5, 0.6) is 17.2 Å². The van der Waals surface area contributed by atoms with Gasteiger partial charge in [0.15, 0.2) is 11.5 Å². The normalized spacial score (nSPS) is 10.5. The third-order valence-corrected chi connectivity index (χ3v) is 3.45. The van der Waals surface area contributed by atoms with Crippen molar-refractivity contribution in [2.24, 2.45) is 0 Å². The van der Waals surface area contributed by atoms with Crippen LogP contribution < -0.4 is 19.5 Å². The Balaban J connectivity index is 1.97. The van der Waals surface area contributed by atoms with E-state index in [9.17, 15) is 0 Å². The standard InChI is InChI=1S/C17H23NO4/c1-12-5-7-14(22-12)11-18-10-9-13-6-8-15(19-2)17(21-4)16(13)20-3/h5-8,18H,9-11H2,1-4H3. The molecule has 0 fully saturated rings. The Kier molecular flexibility index (Phi) is 5.72. The summed E-state index contributed by atoms with van der Waals surface area (Å²) in [5.74, 6) is 3.89. The van der Waals surface area contributed by atoms with Crippen molar-refractivity contribution in [1.29, 1.82) is 0 Å². The topological polar surface area (TPSA) is 52.9 Å². The zero-order chi connectivity index (χ0) is 15.9. The van der Waals surface area contributed by atoms with E-state index in [0.29, 0.717) is 18.0 Å². The molecule has 0 aliphatic rings. The summed E-state index contributed by atoms with van der Waals surface area (Å²) in [5.41, 5.74) is 1.07. The fourth-order valence-corrected chi connectivity index (χ4v) is 2.37. The number of hydrogen-bond acceptors (Lipinski definition) is 5. The monoisotopic (exact) mass is 305 g/mol. The molecule has 5 heteroatoms. The predicted molar refractivity (Wildman–Crippen MR) is 85.0 cm³/mol. The van der Waals surface area contributed by atoms with Crippen molar-refractivity contribution in [2.75, 3.05) is 27.9 Å². The molecule has 0 saturated carbocycles. The zero-order valence-electron chi connectivity index (χ0n) is 13.6. The summed E-state index contributed by atoms with van der Waals surface area (Å²) in [6.45, 7) is 3.47. The fraction of sp³-hybridized carbons (Fsp3) is 0.412. The molecule has 0 aliphatic heterocycles. The van der Waals surface area contributed by atoms with Gasteiger partial charge >= 0.3 is 0 Å². The van der Waals surface area contributed by atoms with Gasteiger partial charge in [0.2, 0.25) is 5.75 Å². The second-order valence-corrected chi connectivity index (χ2v) is 4.93. The molecule has 0 amide bonds. The first kappa shape index (κ1) is 16.2. The average Bonchev–Trinajstić information content (AvgIpc) is 2.95. The highest BCUT2D eigenvalue weighted by Gasteiger charge is 2.15. The minimum atomic E-state index is 0.629. The van der Waals surface area contributed by atoms with Crippen LogP contribution in [0.15, 0.2) is 28.7 Å². The Hall–Kier alpha value is -2.14. The van der Waals surface area contributed by atoms with Gasteiger partial charge in [0.1, 0.15) is 11.5 Å². The Morgan fingerprint density at radius 3 is 2.32 bits per heavy atom. The highest BCUT2D eigenvalue weighted by Crippen LogP contribution is 2.39. The van der Waals surface area contributed by atoms with E-state index in [1.807, 2.05) is 31.2 Å². The minimum absolute atomic E-state index is 0.629. The van der Waals surface area contributed by atoms with Gasteiger partial charge in [-0.1, -0.05) is 6.07 Å². The van der Waals surface area contributed by atoms with Crippen molar-refractivity contribution < 1.29 is 18.6 Å². The average molecular weight is 305 g/mol. The van der Waals surface area contributed by atoms with Crippen LogP contribution in [0.2, 0.25) is 0 Å². The third-order valence-electron chi connectivity index (χ3n) is 3.45. The molecule has 0 atom stereocenters. The van der Waals surface area contributed by atoms with E-state index in [2.05, 4.69) is 5.32 Å². The Labute approximate surface area is 131 Å². The highest BCUT2D eigenvalue weighted by molar-refractivity contribution is 5.55. The summed E-state index contributed by atoms with van der Waals surface area (Å²) in [4.78, 5) is 0. The van der Waals surface area contributed by atoms with Crippen LogP contribution in [0, 0.1) is 6.92 Å². The van der Waals surface area contributed by atoms with E-state index < -0.39 is 0 Å². The van der Waals surface area contributed by atoms with Crippen molar-refractivity contribution in [3.63, 3.8) is 0 Å². The van der Waals surface area contributed by atoms with Gasteiger partial charge in [-0.15, -0.1) is 0 Å². The number of methoxy groups -OCH3 is 3. The molecule has 0 aliphatic carbocycles. The molecule has 2 aromatic rings. The van der Waals surface area contributed by atoms with E-state index in [0.717, 1.165) is 35.8 Å². The second kappa shape index (κ2) is 7.75. The molecule has 0 spiro atoms. The van der Waals surface area contributed by atoms with Gasteiger partial charge in [-0.25, -0.2) is 0 Å². The molecule has 1 aromatic carbocycles. The van der Waals surface area contributed by atoms with Gasteiger partial charge in [0.25, 0.3) is 0 Å². The zero-order valence-corrected chi connectivity index (χ0v) is 13.6. The van der Waals surface area contributed by atoms with E-state index in [1.54, 1.807) is 21.3 Å². The maximum absolute atomic E-state index is 5.52. The first-order chi connectivity index (χ1) is 10.7. The number of nitrogens with one attached hydrogen (secondary N) is 1. The molecule has 2 rings (SSSR count). The molecule has 1 N–H and O–H groups in total. The first-order valence-corrected chi connectivity index (χ1v) is 7.23. The van der Waals surface area contributed by atoms with E-state index >= 15 is 0 Å². The lowest BCUT2D eigenvalue weighted by Crippen LogP contribution is -2.16.